The highest BCUT2D eigenvalue weighted by molar-refractivity contribution is 6.31. The van der Waals surface area contributed by atoms with Gasteiger partial charge in [-0.3, -0.25) is 9.59 Å². The third kappa shape index (κ3) is 5.32. The maximum Gasteiger partial charge on any atom is 0.253 e. The lowest BCUT2D eigenvalue weighted by Gasteiger charge is -2.37. The predicted molar refractivity (Wildman–Crippen MR) is 128 cm³/mol. The number of pyridine rings is 1. The Morgan fingerprint density at radius 3 is 2.45 bits per heavy atom. The van der Waals surface area contributed by atoms with Crippen molar-refractivity contribution in [2.24, 2.45) is 0 Å². The molecule has 2 N–H and O–H groups in total. The predicted octanol–water partition coefficient (Wildman–Crippen LogP) is 5.30. The first-order chi connectivity index (χ1) is 14.8. The van der Waals surface area contributed by atoms with E-state index in [2.05, 4.69) is 29.0 Å². The van der Waals surface area contributed by atoms with E-state index in [0.717, 1.165) is 35.5 Å². The number of nitrogens with zero attached hydrogens (tertiary/aromatic N) is 1. The van der Waals surface area contributed by atoms with Crippen molar-refractivity contribution in [2.75, 3.05) is 11.4 Å². The van der Waals surface area contributed by atoms with Gasteiger partial charge >= 0.3 is 0 Å². The van der Waals surface area contributed by atoms with Crippen LogP contribution in [0.5, 0.6) is 0 Å². The number of carbonyl (C=O) groups excluding carboxylic acids is 1. The van der Waals surface area contributed by atoms with E-state index >= 15 is 0 Å². The van der Waals surface area contributed by atoms with Gasteiger partial charge in [-0.05, 0) is 69.4 Å². The van der Waals surface area contributed by atoms with Crippen LogP contribution in [0.4, 0.5) is 5.69 Å². The molecule has 0 atom stereocenters. The molecule has 0 unspecified atom stereocenters. The summed E-state index contributed by atoms with van der Waals surface area (Å²) < 4.78 is 0. The first-order valence-electron chi connectivity index (χ1n) is 11.4. The van der Waals surface area contributed by atoms with E-state index in [0.29, 0.717) is 22.2 Å². The second-order valence-corrected chi connectivity index (χ2v) is 8.94. The van der Waals surface area contributed by atoms with Crippen LogP contribution in [0.25, 0.3) is 0 Å². The van der Waals surface area contributed by atoms with Gasteiger partial charge in [-0.15, -0.1) is 0 Å². The van der Waals surface area contributed by atoms with Gasteiger partial charge in [0.25, 0.3) is 11.5 Å². The number of hydrogen-bond acceptors (Lipinski definition) is 3. The molecular formula is C25H34ClN3O2. The highest BCUT2D eigenvalue weighted by atomic mass is 35.5. The number of aromatic nitrogens is 1. The number of halogens is 1. The lowest BCUT2D eigenvalue weighted by Crippen LogP contribution is -2.38. The maximum absolute atomic E-state index is 13.2. The quantitative estimate of drug-likeness (QED) is 0.610. The molecule has 2 aromatic rings. The van der Waals surface area contributed by atoms with Crippen molar-refractivity contribution in [3.63, 3.8) is 0 Å². The summed E-state index contributed by atoms with van der Waals surface area (Å²) in [5, 5.41) is 3.51. The number of amides is 1. The van der Waals surface area contributed by atoms with Crippen molar-refractivity contribution in [1.29, 1.82) is 0 Å². The smallest absolute Gasteiger partial charge is 0.253 e. The van der Waals surface area contributed by atoms with Crippen molar-refractivity contribution >= 4 is 23.2 Å². The van der Waals surface area contributed by atoms with Crippen molar-refractivity contribution in [3.8, 4) is 0 Å². The van der Waals surface area contributed by atoms with Gasteiger partial charge in [0.15, 0.2) is 0 Å². The number of H-pyrrole nitrogens is 1. The summed E-state index contributed by atoms with van der Waals surface area (Å²) in [4.78, 5) is 30.7. The van der Waals surface area contributed by atoms with E-state index < -0.39 is 0 Å². The molecule has 5 nitrogen and oxygen atoms in total. The molecule has 0 spiro atoms. The molecule has 0 saturated heterocycles. The molecule has 1 saturated carbocycles. The highest BCUT2D eigenvalue weighted by Crippen LogP contribution is 2.34. The number of nitrogens with one attached hydrogen (secondary N) is 2. The van der Waals surface area contributed by atoms with Crippen molar-refractivity contribution < 1.29 is 4.79 Å². The van der Waals surface area contributed by atoms with Crippen LogP contribution in [-0.2, 0) is 13.0 Å². The number of hydrogen-bond donors (Lipinski definition) is 2. The van der Waals surface area contributed by atoms with E-state index in [4.69, 9.17) is 11.6 Å². The summed E-state index contributed by atoms with van der Waals surface area (Å²) >= 11 is 6.49. The average Bonchev–Trinajstić information content (AvgIpc) is 2.73. The van der Waals surface area contributed by atoms with Gasteiger partial charge in [-0.1, -0.05) is 37.8 Å². The van der Waals surface area contributed by atoms with Crippen molar-refractivity contribution in [3.05, 3.63) is 61.5 Å². The first kappa shape index (κ1) is 23.4. The molecule has 1 amide bonds. The molecule has 1 aromatic heterocycles. The van der Waals surface area contributed by atoms with E-state index in [1.807, 2.05) is 26.0 Å². The molecular weight excluding hydrogens is 410 g/mol. The van der Waals surface area contributed by atoms with Gasteiger partial charge in [-0.2, -0.15) is 0 Å². The van der Waals surface area contributed by atoms with E-state index in [-0.39, 0.29) is 18.0 Å². The Morgan fingerprint density at radius 2 is 1.84 bits per heavy atom. The number of aromatic amines is 1. The molecule has 1 aliphatic carbocycles. The zero-order chi connectivity index (χ0) is 22.5. The fourth-order valence-corrected chi connectivity index (χ4v) is 5.05. The zero-order valence-corrected chi connectivity index (χ0v) is 19.9. The number of rotatable bonds is 7. The summed E-state index contributed by atoms with van der Waals surface area (Å²) in [6.45, 7) is 9.06. The van der Waals surface area contributed by atoms with E-state index in [1.54, 1.807) is 6.07 Å². The maximum atomic E-state index is 13.2. The monoisotopic (exact) mass is 443 g/mol. The van der Waals surface area contributed by atoms with Gasteiger partial charge in [0.1, 0.15) is 0 Å². The number of anilines is 1. The summed E-state index contributed by atoms with van der Waals surface area (Å²) in [7, 11) is 0. The Morgan fingerprint density at radius 1 is 1.13 bits per heavy atom. The number of benzene rings is 1. The Kier molecular flexibility index (Phi) is 7.82. The Labute approximate surface area is 190 Å². The molecule has 31 heavy (non-hydrogen) atoms. The third-order valence-corrected chi connectivity index (χ3v) is 6.59. The van der Waals surface area contributed by atoms with Crippen LogP contribution in [0.15, 0.2) is 23.0 Å². The second-order valence-electron chi connectivity index (χ2n) is 8.51. The first-order valence-corrected chi connectivity index (χ1v) is 11.8. The van der Waals surface area contributed by atoms with Crippen LogP contribution in [0.2, 0.25) is 5.02 Å². The molecule has 3 rings (SSSR count). The van der Waals surface area contributed by atoms with Crippen molar-refractivity contribution in [2.45, 2.75) is 78.8 Å². The molecule has 0 bridgehead atoms. The minimum absolute atomic E-state index is 0.158. The van der Waals surface area contributed by atoms with E-state index in [9.17, 15) is 9.59 Å². The van der Waals surface area contributed by atoms with Gasteiger partial charge in [-0.25, -0.2) is 0 Å². The molecule has 0 radical (unpaired) electrons. The zero-order valence-electron chi connectivity index (χ0n) is 19.1. The van der Waals surface area contributed by atoms with Crippen LogP contribution < -0.4 is 15.8 Å². The molecule has 1 fully saturated rings. The van der Waals surface area contributed by atoms with Gasteiger partial charge in [0, 0.05) is 46.7 Å². The number of aryl methyl sites for hydroxylation is 2. The standard InChI is InChI=1S/C25H34ClN3O2/c1-5-20-21(24(30)27-15-22-16(3)12-17(4)28-25(22)31)13-18(26)14-23(20)29(6-2)19-10-8-7-9-11-19/h12-14,19H,5-11,15H2,1-4H3,(H,27,30)(H,28,31). The second kappa shape index (κ2) is 10.4. The topological polar surface area (TPSA) is 65.2 Å². The molecule has 1 heterocycles. The Hall–Kier alpha value is -2.27. The Balaban J connectivity index is 1.90. The van der Waals surface area contributed by atoms with Crippen LogP contribution in [-0.4, -0.2) is 23.5 Å². The molecule has 6 heteroatoms. The van der Waals surface area contributed by atoms with Crippen LogP contribution in [0.3, 0.4) is 0 Å². The Bertz CT molecular complexity index is 993. The van der Waals surface area contributed by atoms with Crippen molar-refractivity contribution in [1.82, 2.24) is 10.3 Å². The minimum atomic E-state index is -0.195. The largest absolute Gasteiger partial charge is 0.369 e. The molecule has 1 aliphatic rings. The molecule has 1 aromatic carbocycles. The van der Waals surface area contributed by atoms with Crippen LogP contribution >= 0.6 is 11.6 Å². The lowest BCUT2D eigenvalue weighted by atomic mass is 9.92. The molecule has 0 aliphatic heterocycles. The van der Waals surface area contributed by atoms with Gasteiger partial charge < -0.3 is 15.2 Å². The normalized spacial score (nSPS) is 14.5. The van der Waals surface area contributed by atoms with E-state index in [1.165, 1.54) is 32.1 Å². The molecule has 168 valence electrons. The van der Waals surface area contributed by atoms with Crippen LogP contribution in [0.1, 0.15) is 78.7 Å². The van der Waals surface area contributed by atoms with Crippen LogP contribution in [0, 0.1) is 13.8 Å². The summed E-state index contributed by atoms with van der Waals surface area (Å²) in [5.41, 5.74) is 4.79. The number of carbonyl (C=O) groups is 1. The summed E-state index contributed by atoms with van der Waals surface area (Å²) in [6, 6.07) is 6.16. The summed E-state index contributed by atoms with van der Waals surface area (Å²) in [5.74, 6) is -0.195. The highest BCUT2D eigenvalue weighted by Gasteiger charge is 2.25. The minimum Gasteiger partial charge on any atom is -0.369 e. The summed E-state index contributed by atoms with van der Waals surface area (Å²) in [6.07, 6.45) is 6.90. The third-order valence-electron chi connectivity index (χ3n) is 6.37. The lowest BCUT2D eigenvalue weighted by molar-refractivity contribution is 0.0950. The SMILES string of the molecule is CCc1c(C(=O)NCc2c(C)cc(C)[nH]c2=O)cc(Cl)cc1N(CC)C1CCCCC1. The van der Waals surface area contributed by atoms with Gasteiger partial charge in [0.05, 0.1) is 0 Å². The fourth-order valence-electron chi connectivity index (χ4n) is 4.84. The average molecular weight is 444 g/mol. The fraction of sp³-hybridized carbons (Fsp3) is 0.520. The van der Waals surface area contributed by atoms with Gasteiger partial charge in [0.2, 0.25) is 0 Å².